The van der Waals surface area contributed by atoms with Crippen molar-refractivity contribution in [2.24, 2.45) is 0 Å². The van der Waals surface area contributed by atoms with Crippen LogP contribution in [0.5, 0.6) is 23.0 Å². The van der Waals surface area contributed by atoms with E-state index in [1.54, 1.807) is 51.1 Å². The summed E-state index contributed by atoms with van der Waals surface area (Å²) in [7, 11) is 5.85. The number of aliphatic hydroxyl groups is 1. The number of rotatable bonds is 9. The molecule has 216 valence electrons. The van der Waals surface area contributed by atoms with E-state index < -0.39 is 23.7 Å². The molecule has 1 aromatic heterocycles. The maximum Gasteiger partial charge on any atom is 0.350 e. The van der Waals surface area contributed by atoms with Crippen molar-refractivity contribution in [3.63, 3.8) is 0 Å². The molecule has 0 aliphatic carbocycles. The van der Waals surface area contributed by atoms with Gasteiger partial charge in [0.15, 0.2) is 16.6 Å². The quantitative estimate of drug-likeness (QED) is 0.165. The van der Waals surface area contributed by atoms with E-state index in [0.717, 1.165) is 16.2 Å². The Morgan fingerprint density at radius 2 is 1.66 bits per heavy atom. The number of thiazole rings is 1. The fraction of sp³-hybridized carbons (Fsp3) is 0.310. The topological polar surface area (TPSA) is 134 Å². The number of carbonyl (C=O) groups is 3. The van der Waals surface area contributed by atoms with Crippen LogP contribution in [-0.4, -0.2) is 62.8 Å². The number of ketones is 1. The minimum atomic E-state index is -1.16. The summed E-state index contributed by atoms with van der Waals surface area (Å²) in [6.45, 7) is 5.19. The van der Waals surface area contributed by atoms with E-state index >= 15 is 0 Å². The standard InChI is InChI=1S/C29H30N2O9S/c1-8-40-28(35)26-15(3)30-29(41-26)31-22(16-12-19(37-5)25(39-7)20(13-16)38-6)21(24(33)27(31)34)23(32)18-10-9-17(36-4)11-14(18)2/h9-13,22,32H,8H2,1-7H3/b23-21+/t22-/m1/s1. The Hall–Kier alpha value is -4.58. The first-order valence-electron chi connectivity index (χ1n) is 12.5. The van der Waals surface area contributed by atoms with Crippen molar-refractivity contribution in [3.05, 3.63) is 63.2 Å². The van der Waals surface area contributed by atoms with Gasteiger partial charge in [0.25, 0.3) is 5.78 Å². The van der Waals surface area contributed by atoms with Crippen molar-refractivity contribution >= 4 is 39.9 Å². The highest BCUT2D eigenvalue weighted by atomic mass is 32.1. The number of Topliss-reactive ketones (excluding diaryl/α,β-unsaturated/α-hetero) is 1. The highest BCUT2D eigenvalue weighted by Gasteiger charge is 2.49. The molecule has 1 aliphatic heterocycles. The first kappa shape index (κ1) is 29.4. The second kappa shape index (κ2) is 11.9. The number of ether oxygens (including phenoxy) is 5. The number of carbonyl (C=O) groups excluding carboxylic acids is 3. The van der Waals surface area contributed by atoms with E-state index in [0.29, 0.717) is 33.9 Å². The number of aryl methyl sites for hydroxylation is 2. The van der Waals surface area contributed by atoms with Crippen LogP contribution in [0, 0.1) is 13.8 Å². The molecule has 1 saturated heterocycles. The molecule has 1 fully saturated rings. The Morgan fingerprint density at radius 1 is 1.00 bits per heavy atom. The summed E-state index contributed by atoms with van der Waals surface area (Å²) in [5, 5.41) is 11.7. The number of nitrogens with zero attached hydrogens (tertiary/aromatic N) is 2. The van der Waals surface area contributed by atoms with Gasteiger partial charge in [-0.25, -0.2) is 9.78 Å². The van der Waals surface area contributed by atoms with Gasteiger partial charge in [0.05, 0.1) is 52.4 Å². The number of aliphatic hydroxyl groups excluding tert-OH is 1. The van der Waals surface area contributed by atoms with Gasteiger partial charge in [-0.3, -0.25) is 14.5 Å². The smallest absolute Gasteiger partial charge is 0.350 e. The first-order chi connectivity index (χ1) is 19.6. The maximum atomic E-state index is 13.6. The van der Waals surface area contributed by atoms with Crippen LogP contribution in [0.4, 0.5) is 5.13 Å². The lowest BCUT2D eigenvalue weighted by Gasteiger charge is -2.24. The number of methoxy groups -OCH3 is 4. The molecule has 1 aliphatic rings. The molecule has 2 aromatic carbocycles. The van der Waals surface area contributed by atoms with Crippen LogP contribution in [0.25, 0.3) is 5.76 Å². The SMILES string of the molecule is CCOC(=O)c1sc(N2C(=O)C(=O)/C(=C(/O)c3ccc(OC)cc3C)[C@H]2c2cc(OC)c(OC)c(OC)c2)nc1C. The largest absolute Gasteiger partial charge is 0.507 e. The molecule has 1 atom stereocenters. The van der Waals surface area contributed by atoms with Gasteiger partial charge >= 0.3 is 11.9 Å². The summed E-state index contributed by atoms with van der Waals surface area (Å²) in [5.74, 6) is -1.43. The maximum absolute atomic E-state index is 13.6. The normalized spacial score (nSPS) is 16.1. The lowest BCUT2D eigenvalue weighted by molar-refractivity contribution is -0.132. The summed E-state index contributed by atoms with van der Waals surface area (Å²) in [5.41, 5.74) is 1.48. The van der Waals surface area contributed by atoms with E-state index in [4.69, 9.17) is 23.7 Å². The molecule has 0 spiro atoms. The van der Waals surface area contributed by atoms with Crippen LogP contribution in [0.15, 0.2) is 35.9 Å². The molecule has 11 nitrogen and oxygen atoms in total. The zero-order valence-electron chi connectivity index (χ0n) is 23.7. The predicted octanol–water partition coefficient (Wildman–Crippen LogP) is 4.60. The Labute approximate surface area is 240 Å². The predicted molar refractivity (Wildman–Crippen MR) is 151 cm³/mol. The van der Waals surface area contributed by atoms with Gasteiger partial charge in [-0.05, 0) is 62.2 Å². The second-order valence-corrected chi connectivity index (χ2v) is 9.92. The summed E-state index contributed by atoms with van der Waals surface area (Å²) >= 11 is 0.914. The molecule has 0 bridgehead atoms. The van der Waals surface area contributed by atoms with Crippen molar-refractivity contribution in [1.82, 2.24) is 4.98 Å². The van der Waals surface area contributed by atoms with Crippen LogP contribution in [0.2, 0.25) is 0 Å². The molecule has 41 heavy (non-hydrogen) atoms. The Kier molecular flexibility index (Phi) is 8.52. The minimum absolute atomic E-state index is 0.0805. The van der Waals surface area contributed by atoms with Gasteiger partial charge in [-0.2, -0.15) is 0 Å². The number of esters is 1. The molecule has 3 aromatic rings. The van der Waals surface area contributed by atoms with Crippen molar-refractivity contribution < 1.29 is 43.2 Å². The highest BCUT2D eigenvalue weighted by Crippen LogP contribution is 2.48. The van der Waals surface area contributed by atoms with Crippen molar-refractivity contribution in [2.75, 3.05) is 39.9 Å². The summed E-state index contributed by atoms with van der Waals surface area (Å²) < 4.78 is 26.9. The number of amides is 1. The van der Waals surface area contributed by atoms with E-state index in [1.807, 2.05) is 0 Å². The molecule has 0 radical (unpaired) electrons. The highest BCUT2D eigenvalue weighted by molar-refractivity contribution is 7.17. The fourth-order valence-corrected chi connectivity index (χ4v) is 5.64. The van der Waals surface area contributed by atoms with Crippen molar-refractivity contribution in [2.45, 2.75) is 26.8 Å². The third kappa shape index (κ3) is 5.18. The zero-order valence-corrected chi connectivity index (χ0v) is 24.5. The van der Waals surface area contributed by atoms with Gasteiger partial charge in [-0.15, -0.1) is 0 Å². The van der Waals surface area contributed by atoms with Crippen LogP contribution in [0.3, 0.4) is 0 Å². The third-order valence-electron chi connectivity index (χ3n) is 6.59. The van der Waals surface area contributed by atoms with Crippen molar-refractivity contribution in [1.29, 1.82) is 0 Å². The van der Waals surface area contributed by atoms with Gasteiger partial charge in [-0.1, -0.05) is 11.3 Å². The number of benzene rings is 2. The van der Waals surface area contributed by atoms with Gasteiger partial charge in [0.1, 0.15) is 16.4 Å². The second-order valence-electron chi connectivity index (χ2n) is 8.94. The molecule has 0 saturated carbocycles. The molecule has 12 heteroatoms. The van der Waals surface area contributed by atoms with E-state index in [9.17, 15) is 19.5 Å². The lowest BCUT2D eigenvalue weighted by atomic mass is 9.93. The molecule has 2 heterocycles. The summed E-state index contributed by atoms with van der Waals surface area (Å²) in [6, 6.07) is 6.97. The lowest BCUT2D eigenvalue weighted by Crippen LogP contribution is -2.29. The van der Waals surface area contributed by atoms with Crippen LogP contribution >= 0.6 is 11.3 Å². The molecule has 1 amide bonds. The molecular formula is C29H30N2O9S. The average molecular weight is 583 g/mol. The molecular weight excluding hydrogens is 552 g/mol. The number of aromatic nitrogens is 1. The van der Waals surface area contributed by atoms with Gasteiger partial charge in [0, 0.05) is 5.56 Å². The number of hydrogen-bond acceptors (Lipinski definition) is 11. The molecule has 0 unspecified atom stereocenters. The first-order valence-corrected chi connectivity index (χ1v) is 13.3. The number of hydrogen-bond donors (Lipinski definition) is 1. The van der Waals surface area contributed by atoms with Gasteiger partial charge < -0.3 is 28.8 Å². The monoisotopic (exact) mass is 582 g/mol. The fourth-order valence-electron chi connectivity index (χ4n) is 4.65. The summed E-state index contributed by atoms with van der Waals surface area (Å²) in [4.78, 5) is 45.6. The van der Waals surface area contributed by atoms with E-state index in [-0.39, 0.29) is 39.4 Å². The third-order valence-corrected chi connectivity index (χ3v) is 7.72. The van der Waals surface area contributed by atoms with Crippen molar-refractivity contribution in [3.8, 4) is 23.0 Å². The molecule has 1 N–H and O–H groups in total. The Bertz CT molecular complexity index is 1530. The Balaban J connectivity index is 2.01. The Morgan fingerprint density at radius 3 is 2.20 bits per heavy atom. The van der Waals surface area contributed by atoms with Crippen LogP contribution < -0.4 is 23.8 Å². The van der Waals surface area contributed by atoms with Crippen LogP contribution in [-0.2, 0) is 14.3 Å². The van der Waals surface area contributed by atoms with E-state index in [1.165, 1.54) is 28.4 Å². The molecule has 4 rings (SSSR count). The van der Waals surface area contributed by atoms with E-state index in [2.05, 4.69) is 4.98 Å². The summed E-state index contributed by atoms with van der Waals surface area (Å²) in [6.07, 6.45) is 0. The van der Waals surface area contributed by atoms with Crippen LogP contribution in [0.1, 0.15) is 45.0 Å². The minimum Gasteiger partial charge on any atom is -0.507 e. The van der Waals surface area contributed by atoms with Gasteiger partial charge in [0.2, 0.25) is 5.75 Å². The average Bonchev–Trinajstić information content (AvgIpc) is 3.47. The number of anilines is 1. The zero-order chi connectivity index (χ0) is 30.0.